The lowest BCUT2D eigenvalue weighted by Crippen LogP contribution is -2.04. The van der Waals surface area contributed by atoms with E-state index in [0.717, 1.165) is 0 Å². The molecule has 12 heavy (non-hydrogen) atoms. The number of hydrogen-bond donors (Lipinski definition) is 3. The number of nitrogens with one attached hydrogen (secondary N) is 1. The van der Waals surface area contributed by atoms with Crippen molar-refractivity contribution < 1.29 is 0 Å². The van der Waals surface area contributed by atoms with Gasteiger partial charge in [0, 0.05) is 0 Å². The molecule has 0 aliphatic rings. The first-order valence-corrected chi connectivity index (χ1v) is 3.49. The Morgan fingerprint density at radius 2 is 2.08 bits per heavy atom. The maximum atomic E-state index is 5.62. The average molecular weight is 186 g/mol. The van der Waals surface area contributed by atoms with Crippen LogP contribution in [0.5, 0.6) is 0 Å². The van der Waals surface area contributed by atoms with Gasteiger partial charge in [0.2, 0.25) is 5.95 Å². The molecule has 1 rings (SSSR count). The predicted octanol–water partition coefficient (Wildman–Crippen LogP) is 0.850. The molecular formula is C6H8ClN5. The Labute approximate surface area is 74.4 Å². The SMILES string of the molecule is C=CNc1nc(N)nc(Cl)c1N. The molecule has 6 heteroatoms. The van der Waals surface area contributed by atoms with E-state index < -0.39 is 0 Å². The smallest absolute Gasteiger partial charge is 0.223 e. The van der Waals surface area contributed by atoms with Gasteiger partial charge < -0.3 is 16.8 Å². The van der Waals surface area contributed by atoms with Gasteiger partial charge in [-0.15, -0.1) is 0 Å². The van der Waals surface area contributed by atoms with E-state index in [4.69, 9.17) is 23.1 Å². The number of rotatable bonds is 2. The molecule has 0 aliphatic heterocycles. The highest BCUT2D eigenvalue weighted by atomic mass is 35.5. The lowest BCUT2D eigenvalue weighted by Gasteiger charge is -2.05. The van der Waals surface area contributed by atoms with E-state index in [1.54, 1.807) is 0 Å². The van der Waals surface area contributed by atoms with Gasteiger partial charge >= 0.3 is 0 Å². The third kappa shape index (κ3) is 1.57. The van der Waals surface area contributed by atoms with Gasteiger partial charge in [0.05, 0.1) is 0 Å². The minimum Gasteiger partial charge on any atom is -0.393 e. The maximum absolute atomic E-state index is 5.62. The number of hydrogen-bond acceptors (Lipinski definition) is 5. The number of nitrogen functional groups attached to an aromatic ring is 2. The van der Waals surface area contributed by atoms with Crippen molar-refractivity contribution in [1.29, 1.82) is 0 Å². The van der Waals surface area contributed by atoms with Gasteiger partial charge in [-0.05, 0) is 6.20 Å². The minimum atomic E-state index is 0.0681. The van der Waals surface area contributed by atoms with Crippen molar-refractivity contribution in [3.05, 3.63) is 17.9 Å². The number of halogens is 1. The topological polar surface area (TPSA) is 89.8 Å². The summed E-state index contributed by atoms with van der Waals surface area (Å²) in [6.07, 6.45) is 1.43. The third-order valence-corrected chi connectivity index (χ3v) is 1.44. The van der Waals surface area contributed by atoms with Crippen molar-refractivity contribution in [3.8, 4) is 0 Å². The summed E-state index contributed by atoms with van der Waals surface area (Å²) in [6.45, 7) is 3.45. The molecule has 5 nitrogen and oxygen atoms in total. The summed E-state index contributed by atoms with van der Waals surface area (Å²) in [4.78, 5) is 7.45. The molecule has 5 N–H and O–H groups in total. The van der Waals surface area contributed by atoms with Crippen molar-refractivity contribution in [3.63, 3.8) is 0 Å². The second kappa shape index (κ2) is 3.27. The van der Waals surface area contributed by atoms with Gasteiger partial charge in [-0.2, -0.15) is 9.97 Å². The Hall–Kier alpha value is -1.49. The molecule has 0 saturated heterocycles. The molecule has 0 radical (unpaired) electrons. The molecule has 1 aromatic rings. The molecule has 0 bridgehead atoms. The van der Waals surface area contributed by atoms with Crippen molar-refractivity contribution in [2.45, 2.75) is 0 Å². The summed E-state index contributed by atoms with van der Waals surface area (Å²) >= 11 is 5.62. The van der Waals surface area contributed by atoms with Gasteiger partial charge in [-0.25, -0.2) is 0 Å². The number of nitrogens with zero attached hydrogens (tertiary/aromatic N) is 2. The van der Waals surface area contributed by atoms with Gasteiger partial charge in [-0.1, -0.05) is 18.2 Å². The van der Waals surface area contributed by atoms with Crippen LogP contribution >= 0.6 is 11.6 Å². The summed E-state index contributed by atoms with van der Waals surface area (Å²) in [6, 6.07) is 0. The van der Waals surface area contributed by atoms with Crippen LogP contribution in [0.1, 0.15) is 0 Å². The zero-order valence-electron chi connectivity index (χ0n) is 6.21. The van der Waals surface area contributed by atoms with Crippen LogP contribution in [0.15, 0.2) is 12.8 Å². The first-order chi connectivity index (χ1) is 5.65. The van der Waals surface area contributed by atoms with E-state index in [1.165, 1.54) is 6.20 Å². The number of anilines is 3. The molecule has 0 saturated carbocycles. The molecule has 0 spiro atoms. The zero-order valence-corrected chi connectivity index (χ0v) is 6.97. The van der Waals surface area contributed by atoms with E-state index >= 15 is 0 Å². The van der Waals surface area contributed by atoms with Crippen molar-refractivity contribution in [1.82, 2.24) is 9.97 Å². The van der Waals surface area contributed by atoms with Crippen LogP contribution in [-0.4, -0.2) is 9.97 Å². The summed E-state index contributed by atoms with van der Waals surface area (Å²) in [7, 11) is 0. The number of nitrogens with two attached hydrogens (primary N) is 2. The van der Waals surface area contributed by atoms with Crippen LogP contribution in [-0.2, 0) is 0 Å². The molecular weight excluding hydrogens is 178 g/mol. The summed E-state index contributed by atoms with van der Waals surface area (Å²) in [5.41, 5.74) is 11.1. The Kier molecular flexibility index (Phi) is 2.35. The summed E-state index contributed by atoms with van der Waals surface area (Å²) in [5.74, 6) is 0.432. The summed E-state index contributed by atoms with van der Waals surface area (Å²) in [5, 5.41) is 2.81. The largest absolute Gasteiger partial charge is 0.393 e. The molecule has 0 amide bonds. The highest BCUT2D eigenvalue weighted by Crippen LogP contribution is 2.23. The fourth-order valence-electron chi connectivity index (χ4n) is 0.665. The Morgan fingerprint density at radius 3 is 2.67 bits per heavy atom. The van der Waals surface area contributed by atoms with E-state index in [0.29, 0.717) is 5.82 Å². The molecule has 64 valence electrons. The van der Waals surface area contributed by atoms with E-state index in [2.05, 4.69) is 21.9 Å². The van der Waals surface area contributed by atoms with Crippen LogP contribution in [0.2, 0.25) is 5.15 Å². The fraction of sp³-hybridized carbons (Fsp3) is 0. The average Bonchev–Trinajstić information content (AvgIpc) is 2.00. The first-order valence-electron chi connectivity index (χ1n) is 3.11. The molecule has 0 fully saturated rings. The van der Waals surface area contributed by atoms with Crippen molar-refractivity contribution in [2.24, 2.45) is 0 Å². The van der Waals surface area contributed by atoms with Crippen LogP contribution in [0.3, 0.4) is 0 Å². The molecule has 0 unspecified atom stereocenters. The van der Waals surface area contributed by atoms with Crippen LogP contribution in [0.25, 0.3) is 0 Å². The highest BCUT2D eigenvalue weighted by molar-refractivity contribution is 6.32. The van der Waals surface area contributed by atoms with E-state index in [1.807, 2.05) is 0 Å². The van der Waals surface area contributed by atoms with Crippen molar-refractivity contribution in [2.75, 3.05) is 16.8 Å². The standard InChI is InChI=1S/C6H8ClN5/c1-2-10-5-3(8)4(7)11-6(9)12-5/h2H,1,8H2,(H3,9,10,11,12). The lowest BCUT2D eigenvalue weighted by molar-refractivity contribution is 1.19. The molecule has 1 aromatic heterocycles. The summed E-state index contributed by atoms with van der Waals surface area (Å²) < 4.78 is 0. The van der Waals surface area contributed by atoms with Gasteiger partial charge in [0.25, 0.3) is 0 Å². The molecule has 0 aliphatic carbocycles. The molecule has 0 atom stereocenters. The zero-order chi connectivity index (χ0) is 9.14. The Bertz CT molecular complexity index is 311. The first kappa shape index (κ1) is 8.61. The quantitative estimate of drug-likeness (QED) is 0.595. The van der Waals surface area contributed by atoms with Gasteiger partial charge in [0.1, 0.15) is 5.69 Å². The molecule has 1 heterocycles. The predicted molar refractivity (Wildman–Crippen MR) is 49.7 cm³/mol. The van der Waals surface area contributed by atoms with Gasteiger partial charge in [0.15, 0.2) is 11.0 Å². The fourth-order valence-corrected chi connectivity index (χ4v) is 0.841. The van der Waals surface area contributed by atoms with Crippen LogP contribution < -0.4 is 16.8 Å². The normalized spacial score (nSPS) is 9.42. The monoisotopic (exact) mass is 185 g/mol. The number of aromatic nitrogens is 2. The van der Waals surface area contributed by atoms with Gasteiger partial charge in [-0.3, -0.25) is 0 Å². The van der Waals surface area contributed by atoms with E-state index in [9.17, 15) is 0 Å². The second-order valence-corrected chi connectivity index (χ2v) is 2.34. The molecule has 0 aromatic carbocycles. The van der Waals surface area contributed by atoms with Crippen molar-refractivity contribution >= 4 is 29.1 Å². The third-order valence-electron chi connectivity index (χ3n) is 1.16. The Balaban J connectivity index is 3.17. The highest BCUT2D eigenvalue weighted by Gasteiger charge is 2.06. The van der Waals surface area contributed by atoms with Crippen LogP contribution in [0.4, 0.5) is 17.5 Å². The minimum absolute atomic E-state index is 0.0681. The second-order valence-electron chi connectivity index (χ2n) is 1.98. The van der Waals surface area contributed by atoms with Crippen LogP contribution in [0, 0.1) is 0 Å². The van der Waals surface area contributed by atoms with E-state index in [-0.39, 0.29) is 16.8 Å². The maximum Gasteiger partial charge on any atom is 0.223 e. The Morgan fingerprint density at radius 1 is 1.42 bits per heavy atom. The lowest BCUT2D eigenvalue weighted by atomic mass is 10.5.